The molecule has 0 bridgehead atoms. The van der Waals surface area contributed by atoms with Gasteiger partial charge in [-0.2, -0.15) is 0 Å². The number of benzene rings is 1. The van der Waals surface area contributed by atoms with E-state index in [0.29, 0.717) is 10.9 Å². The van der Waals surface area contributed by atoms with Crippen molar-refractivity contribution in [3.05, 3.63) is 35.2 Å². The highest BCUT2D eigenvalue weighted by Crippen LogP contribution is 2.32. The molecule has 1 aromatic heterocycles. The molecule has 0 radical (unpaired) electrons. The lowest BCUT2D eigenvalue weighted by Crippen LogP contribution is -2.13. The molecule has 1 fully saturated rings. The highest BCUT2D eigenvalue weighted by molar-refractivity contribution is 7.92. The fraction of sp³-hybridized carbons (Fsp3) is 0.429. The SMILES string of the molecule is O=S(=O)(Nc1nnc(C2CCCCC2)o1)c1ccc(Cl)cc1. The van der Waals surface area contributed by atoms with E-state index >= 15 is 0 Å². The molecule has 22 heavy (non-hydrogen) atoms. The van der Waals surface area contributed by atoms with E-state index in [1.807, 2.05) is 0 Å². The summed E-state index contributed by atoms with van der Waals surface area (Å²) in [6.07, 6.45) is 5.51. The van der Waals surface area contributed by atoms with Crippen LogP contribution < -0.4 is 4.72 Å². The maximum Gasteiger partial charge on any atom is 0.329 e. The highest BCUT2D eigenvalue weighted by Gasteiger charge is 2.23. The third-order valence-corrected chi connectivity index (χ3v) is 5.33. The van der Waals surface area contributed by atoms with Crippen molar-refractivity contribution >= 4 is 27.6 Å². The standard InChI is InChI=1S/C14H16ClN3O3S/c15-11-6-8-12(9-7-11)22(19,20)18-14-17-16-13(21-14)10-4-2-1-3-5-10/h6-10H,1-5H2,(H,17,18). The minimum absolute atomic E-state index is 0.0920. The van der Waals surface area contributed by atoms with Crippen molar-refractivity contribution in [1.82, 2.24) is 10.2 Å². The second-order valence-electron chi connectivity index (χ2n) is 5.34. The van der Waals surface area contributed by atoms with Gasteiger partial charge in [0, 0.05) is 10.9 Å². The van der Waals surface area contributed by atoms with Gasteiger partial charge in [-0.15, -0.1) is 5.10 Å². The molecule has 0 aliphatic heterocycles. The van der Waals surface area contributed by atoms with E-state index in [1.165, 1.54) is 30.7 Å². The van der Waals surface area contributed by atoms with Crippen LogP contribution in [0.1, 0.15) is 43.9 Å². The number of sulfonamides is 1. The lowest BCUT2D eigenvalue weighted by atomic mass is 9.89. The zero-order valence-electron chi connectivity index (χ0n) is 11.8. The number of nitrogens with zero attached hydrogens (tertiary/aromatic N) is 2. The second-order valence-corrected chi connectivity index (χ2v) is 7.46. The van der Waals surface area contributed by atoms with E-state index in [1.54, 1.807) is 0 Å². The minimum Gasteiger partial charge on any atom is -0.407 e. The van der Waals surface area contributed by atoms with Crippen molar-refractivity contribution in [3.63, 3.8) is 0 Å². The monoisotopic (exact) mass is 341 g/mol. The van der Waals surface area contributed by atoms with Crippen LogP contribution in [-0.2, 0) is 10.0 Å². The van der Waals surface area contributed by atoms with Crippen molar-refractivity contribution in [2.45, 2.75) is 42.9 Å². The molecule has 3 rings (SSSR count). The first kappa shape index (κ1) is 15.3. The van der Waals surface area contributed by atoms with E-state index in [9.17, 15) is 8.42 Å². The Hall–Kier alpha value is -1.60. The van der Waals surface area contributed by atoms with Crippen molar-refractivity contribution in [1.29, 1.82) is 0 Å². The van der Waals surface area contributed by atoms with Crippen LogP contribution in [0, 0.1) is 0 Å². The van der Waals surface area contributed by atoms with Crippen LogP contribution in [0.25, 0.3) is 0 Å². The number of rotatable bonds is 4. The molecule has 1 heterocycles. The summed E-state index contributed by atoms with van der Waals surface area (Å²) in [4.78, 5) is 0.0920. The van der Waals surface area contributed by atoms with Gasteiger partial charge in [0.2, 0.25) is 5.89 Å². The first-order chi connectivity index (χ1) is 10.5. The zero-order chi connectivity index (χ0) is 15.6. The maximum absolute atomic E-state index is 12.2. The molecule has 1 aromatic carbocycles. The van der Waals surface area contributed by atoms with Gasteiger partial charge in [-0.1, -0.05) is 36.0 Å². The molecule has 1 aliphatic rings. The maximum atomic E-state index is 12.2. The van der Waals surface area contributed by atoms with Gasteiger partial charge in [0.05, 0.1) is 4.90 Å². The van der Waals surface area contributed by atoms with E-state index in [0.717, 1.165) is 25.7 Å². The summed E-state index contributed by atoms with van der Waals surface area (Å²) in [7, 11) is -3.75. The van der Waals surface area contributed by atoms with Gasteiger partial charge >= 0.3 is 6.01 Å². The molecule has 118 valence electrons. The molecule has 0 saturated heterocycles. The fourth-order valence-corrected chi connectivity index (χ4v) is 3.63. The molecular weight excluding hydrogens is 326 g/mol. The molecule has 0 amide bonds. The number of halogens is 1. The molecule has 0 unspecified atom stereocenters. The number of hydrogen-bond donors (Lipinski definition) is 1. The van der Waals surface area contributed by atoms with Gasteiger partial charge in [0.15, 0.2) is 0 Å². The van der Waals surface area contributed by atoms with E-state index in [2.05, 4.69) is 14.9 Å². The predicted octanol–water partition coefficient (Wildman–Crippen LogP) is 3.57. The quantitative estimate of drug-likeness (QED) is 0.918. The molecule has 1 saturated carbocycles. The lowest BCUT2D eigenvalue weighted by Gasteiger charge is -2.17. The summed E-state index contributed by atoms with van der Waals surface area (Å²) in [6, 6.07) is 5.76. The molecule has 1 N–H and O–H groups in total. The number of hydrogen-bond acceptors (Lipinski definition) is 5. The lowest BCUT2D eigenvalue weighted by molar-refractivity contribution is 0.368. The van der Waals surface area contributed by atoms with E-state index < -0.39 is 10.0 Å². The van der Waals surface area contributed by atoms with Gasteiger partial charge in [-0.3, -0.25) is 0 Å². The average Bonchev–Trinajstić information content (AvgIpc) is 2.96. The normalized spacial score (nSPS) is 16.6. The largest absolute Gasteiger partial charge is 0.407 e. The van der Waals surface area contributed by atoms with Gasteiger partial charge in [-0.25, -0.2) is 13.1 Å². The summed E-state index contributed by atoms with van der Waals surface area (Å²) < 4.78 is 32.2. The van der Waals surface area contributed by atoms with Crippen molar-refractivity contribution < 1.29 is 12.8 Å². The molecule has 8 heteroatoms. The van der Waals surface area contributed by atoms with Gasteiger partial charge < -0.3 is 4.42 Å². The van der Waals surface area contributed by atoms with Gasteiger partial charge in [0.1, 0.15) is 0 Å². The van der Waals surface area contributed by atoms with Crippen LogP contribution in [0.3, 0.4) is 0 Å². The molecule has 2 aromatic rings. The Morgan fingerprint density at radius 1 is 1.09 bits per heavy atom. The summed E-state index contributed by atoms with van der Waals surface area (Å²) in [5, 5.41) is 8.22. The topological polar surface area (TPSA) is 85.1 Å². The Morgan fingerprint density at radius 3 is 2.45 bits per heavy atom. The smallest absolute Gasteiger partial charge is 0.329 e. The number of aromatic nitrogens is 2. The third kappa shape index (κ3) is 3.41. The summed E-state index contributed by atoms with van der Waals surface area (Å²) in [5.74, 6) is 0.739. The van der Waals surface area contributed by atoms with Crippen LogP contribution >= 0.6 is 11.6 Å². The fourth-order valence-electron chi connectivity index (χ4n) is 2.58. The predicted molar refractivity (Wildman–Crippen MR) is 82.4 cm³/mol. The number of nitrogens with one attached hydrogen (secondary N) is 1. The van der Waals surface area contributed by atoms with Crippen molar-refractivity contribution in [2.75, 3.05) is 4.72 Å². The van der Waals surface area contributed by atoms with Crippen LogP contribution in [0.4, 0.5) is 6.01 Å². The highest BCUT2D eigenvalue weighted by atomic mass is 35.5. The Bertz CT molecular complexity index is 737. The Morgan fingerprint density at radius 2 is 1.77 bits per heavy atom. The molecule has 6 nitrogen and oxygen atoms in total. The van der Waals surface area contributed by atoms with Gasteiger partial charge in [0.25, 0.3) is 10.0 Å². The Kier molecular flexibility index (Phi) is 4.35. The summed E-state index contributed by atoms with van der Waals surface area (Å²) in [5.41, 5.74) is 0. The Balaban J connectivity index is 1.75. The Labute approximate surface area is 133 Å². The second kappa shape index (κ2) is 6.26. The van der Waals surface area contributed by atoms with Crippen molar-refractivity contribution in [3.8, 4) is 0 Å². The minimum atomic E-state index is -3.75. The first-order valence-corrected chi connectivity index (χ1v) is 9.02. The zero-order valence-corrected chi connectivity index (χ0v) is 13.4. The molecule has 0 spiro atoms. The van der Waals surface area contributed by atoms with Crippen LogP contribution in [0.15, 0.2) is 33.6 Å². The van der Waals surface area contributed by atoms with Gasteiger partial charge in [-0.05, 0) is 37.1 Å². The number of anilines is 1. The van der Waals surface area contributed by atoms with Crippen LogP contribution in [-0.4, -0.2) is 18.6 Å². The van der Waals surface area contributed by atoms with E-state index in [4.69, 9.17) is 16.0 Å². The molecule has 1 aliphatic carbocycles. The third-order valence-electron chi connectivity index (χ3n) is 3.74. The summed E-state index contributed by atoms with van der Waals surface area (Å²) >= 11 is 5.76. The molecular formula is C14H16ClN3O3S. The van der Waals surface area contributed by atoms with Crippen LogP contribution in [0.2, 0.25) is 5.02 Å². The average molecular weight is 342 g/mol. The molecule has 0 atom stereocenters. The summed E-state index contributed by atoms with van der Waals surface area (Å²) in [6.45, 7) is 0. The first-order valence-electron chi connectivity index (χ1n) is 7.16. The van der Waals surface area contributed by atoms with Crippen molar-refractivity contribution in [2.24, 2.45) is 0 Å². The van der Waals surface area contributed by atoms with E-state index in [-0.39, 0.29) is 16.8 Å². The van der Waals surface area contributed by atoms with Crippen LogP contribution in [0.5, 0.6) is 0 Å².